The molecule has 0 bridgehead atoms. The minimum Gasteiger partial charge on any atom is -0.452 e. The number of hydrogen-bond acceptors (Lipinski definition) is 5. The summed E-state index contributed by atoms with van der Waals surface area (Å²) in [6.07, 6.45) is 0. The Bertz CT molecular complexity index is 726. The molecule has 0 atom stereocenters. The van der Waals surface area contributed by atoms with Crippen LogP contribution in [0.2, 0.25) is 0 Å². The molecule has 2 aromatic rings. The van der Waals surface area contributed by atoms with E-state index in [9.17, 15) is 9.59 Å². The van der Waals surface area contributed by atoms with Crippen molar-refractivity contribution in [1.82, 2.24) is 15.3 Å². The zero-order valence-electron chi connectivity index (χ0n) is 13.1. The summed E-state index contributed by atoms with van der Waals surface area (Å²) in [5.74, 6) is -0.878. The Morgan fingerprint density at radius 3 is 2.41 bits per heavy atom. The molecule has 0 saturated carbocycles. The summed E-state index contributed by atoms with van der Waals surface area (Å²) in [7, 11) is 0. The van der Waals surface area contributed by atoms with Crippen LogP contribution in [-0.4, -0.2) is 34.5 Å². The van der Waals surface area contributed by atoms with Crippen molar-refractivity contribution in [3.05, 3.63) is 35.2 Å². The van der Waals surface area contributed by atoms with Gasteiger partial charge in [-0.05, 0) is 45.9 Å². The number of ether oxygens (including phenoxy) is 1. The van der Waals surface area contributed by atoms with Crippen LogP contribution in [0.5, 0.6) is 0 Å². The van der Waals surface area contributed by atoms with E-state index in [1.165, 1.54) is 0 Å². The maximum Gasteiger partial charge on any atom is 0.338 e. The highest BCUT2D eigenvalue weighted by molar-refractivity contribution is 5.94. The van der Waals surface area contributed by atoms with Gasteiger partial charge in [-0.25, -0.2) is 14.8 Å². The molecule has 1 aromatic heterocycles. The van der Waals surface area contributed by atoms with E-state index in [0.717, 1.165) is 16.9 Å². The van der Waals surface area contributed by atoms with E-state index in [2.05, 4.69) is 15.3 Å². The second-order valence-corrected chi connectivity index (χ2v) is 5.40. The molecular formula is C16H19N3O3. The smallest absolute Gasteiger partial charge is 0.338 e. The lowest BCUT2D eigenvalue weighted by molar-refractivity contribution is -0.124. The highest BCUT2D eigenvalue weighted by Crippen LogP contribution is 2.15. The van der Waals surface area contributed by atoms with Crippen LogP contribution in [0.3, 0.4) is 0 Å². The van der Waals surface area contributed by atoms with Gasteiger partial charge >= 0.3 is 5.97 Å². The van der Waals surface area contributed by atoms with Gasteiger partial charge in [0.25, 0.3) is 5.91 Å². The van der Waals surface area contributed by atoms with E-state index in [1.807, 2.05) is 27.7 Å². The van der Waals surface area contributed by atoms with Gasteiger partial charge in [-0.2, -0.15) is 0 Å². The summed E-state index contributed by atoms with van der Waals surface area (Å²) >= 11 is 0. The maximum atomic E-state index is 12.0. The molecule has 1 heterocycles. The molecule has 1 aromatic carbocycles. The van der Waals surface area contributed by atoms with Crippen LogP contribution < -0.4 is 5.32 Å². The minimum absolute atomic E-state index is 0.00774. The lowest BCUT2D eigenvalue weighted by Gasteiger charge is -2.09. The van der Waals surface area contributed by atoms with Gasteiger partial charge in [-0.3, -0.25) is 4.79 Å². The molecular weight excluding hydrogens is 282 g/mol. The summed E-state index contributed by atoms with van der Waals surface area (Å²) in [6, 6.07) is 4.97. The number of fused-ring (bicyclic) bond motifs is 1. The third-order valence-electron chi connectivity index (χ3n) is 3.10. The number of esters is 1. The summed E-state index contributed by atoms with van der Waals surface area (Å²) in [5, 5.41) is 2.65. The third kappa shape index (κ3) is 3.78. The van der Waals surface area contributed by atoms with Gasteiger partial charge in [0.2, 0.25) is 0 Å². The zero-order chi connectivity index (χ0) is 16.3. The Kier molecular flexibility index (Phi) is 4.70. The SMILES string of the molecule is Cc1nc2ccc(C(=O)OCC(=O)NC(C)C)cc2nc1C. The Morgan fingerprint density at radius 2 is 1.77 bits per heavy atom. The molecule has 0 saturated heterocycles. The topological polar surface area (TPSA) is 81.2 Å². The molecule has 0 aliphatic heterocycles. The minimum atomic E-state index is -0.555. The summed E-state index contributed by atoms with van der Waals surface area (Å²) in [6.45, 7) is 7.13. The first-order chi connectivity index (χ1) is 10.4. The quantitative estimate of drug-likeness (QED) is 0.873. The average molecular weight is 301 g/mol. The standard InChI is InChI=1S/C16H19N3O3/c1-9(2)17-15(20)8-22-16(21)12-5-6-13-14(7-12)19-11(4)10(3)18-13/h5-7,9H,8H2,1-4H3,(H,17,20). The van der Waals surface area contributed by atoms with Gasteiger partial charge in [-0.1, -0.05) is 0 Å². The number of carbonyl (C=O) groups excluding carboxylic acids is 2. The Labute approximate surface area is 128 Å². The molecule has 0 aliphatic carbocycles. The van der Waals surface area contributed by atoms with E-state index in [4.69, 9.17) is 4.74 Å². The van der Waals surface area contributed by atoms with E-state index in [1.54, 1.807) is 18.2 Å². The van der Waals surface area contributed by atoms with Crippen LogP contribution in [0, 0.1) is 13.8 Å². The fourth-order valence-corrected chi connectivity index (χ4v) is 1.94. The van der Waals surface area contributed by atoms with E-state index >= 15 is 0 Å². The first kappa shape index (κ1) is 15.9. The van der Waals surface area contributed by atoms with Crippen molar-refractivity contribution in [1.29, 1.82) is 0 Å². The number of nitrogens with one attached hydrogen (secondary N) is 1. The van der Waals surface area contributed by atoms with Crippen LogP contribution in [0.4, 0.5) is 0 Å². The van der Waals surface area contributed by atoms with Gasteiger partial charge < -0.3 is 10.1 Å². The fraction of sp³-hybridized carbons (Fsp3) is 0.375. The van der Waals surface area contributed by atoms with Crippen molar-refractivity contribution < 1.29 is 14.3 Å². The van der Waals surface area contributed by atoms with E-state index < -0.39 is 5.97 Å². The monoisotopic (exact) mass is 301 g/mol. The molecule has 0 unspecified atom stereocenters. The predicted octanol–water partition coefficient (Wildman–Crippen LogP) is 1.93. The normalized spacial score (nSPS) is 10.8. The highest BCUT2D eigenvalue weighted by atomic mass is 16.5. The molecule has 0 aliphatic rings. The molecule has 1 N–H and O–H groups in total. The molecule has 0 fully saturated rings. The number of benzene rings is 1. The lowest BCUT2D eigenvalue weighted by Crippen LogP contribution is -2.33. The zero-order valence-corrected chi connectivity index (χ0v) is 13.1. The molecule has 2 rings (SSSR count). The van der Waals surface area contributed by atoms with Crippen LogP contribution in [-0.2, 0) is 9.53 Å². The number of carbonyl (C=O) groups is 2. The fourth-order valence-electron chi connectivity index (χ4n) is 1.94. The van der Waals surface area contributed by atoms with Crippen LogP contribution >= 0.6 is 0 Å². The number of amides is 1. The molecule has 116 valence electrons. The summed E-state index contributed by atoms with van der Waals surface area (Å²) < 4.78 is 4.99. The Balaban J connectivity index is 2.12. The molecule has 22 heavy (non-hydrogen) atoms. The van der Waals surface area contributed by atoms with Crippen molar-refractivity contribution >= 4 is 22.9 Å². The van der Waals surface area contributed by atoms with Crippen LogP contribution in [0.1, 0.15) is 35.6 Å². The molecule has 6 nitrogen and oxygen atoms in total. The van der Waals surface area contributed by atoms with Crippen molar-refractivity contribution in [2.45, 2.75) is 33.7 Å². The number of hydrogen-bond donors (Lipinski definition) is 1. The van der Waals surface area contributed by atoms with E-state index in [0.29, 0.717) is 11.1 Å². The van der Waals surface area contributed by atoms with Gasteiger partial charge in [0.15, 0.2) is 6.61 Å². The van der Waals surface area contributed by atoms with Gasteiger partial charge in [0.1, 0.15) is 0 Å². The molecule has 0 spiro atoms. The first-order valence-electron chi connectivity index (χ1n) is 7.08. The summed E-state index contributed by atoms with van der Waals surface area (Å²) in [5.41, 5.74) is 3.37. The Morgan fingerprint density at radius 1 is 1.14 bits per heavy atom. The number of rotatable bonds is 4. The molecule has 6 heteroatoms. The molecule has 0 radical (unpaired) electrons. The van der Waals surface area contributed by atoms with Crippen molar-refractivity contribution in [3.63, 3.8) is 0 Å². The number of aryl methyl sites for hydroxylation is 2. The molecule has 1 amide bonds. The predicted molar refractivity (Wildman–Crippen MR) is 82.6 cm³/mol. The Hall–Kier alpha value is -2.50. The second-order valence-electron chi connectivity index (χ2n) is 5.40. The van der Waals surface area contributed by atoms with Gasteiger partial charge in [-0.15, -0.1) is 0 Å². The highest BCUT2D eigenvalue weighted by Gasteiger charge is 2.12. The van der Waals surface area contributed by atoms with Crippen LogP contribution in [0.25, 0.3) is 11.0 Å². The van der Waals surface area contributed by atoms with E-state index in [-0.39, 0.29) is 18.6 Å². The third-order valence-corrected chi connectivity index (χ3v) is 3.10. The second kappa shape index (κ2) is 6.51. The van der Waals surface area contributed by atoms with Gasteiger partial charge in [0, 0.05) is 6.04 Å². The largest absolute Gasteiger partial charge is 0.452 e. The van der Waals surface area contributed by atoms with Crippen molar-refractivity contribution in [2.75, 3.05) is 6.61 Å². The average Bonchev–Trinajstić information content (AvgIpc) is 2.45. The summed E-state index contributed by atoms with van der Waals surface area (Å²) in [4.78, 5) is 32.3. The van der Waals surface area contributed by atoms with Gasteiger partial charge in [0.05, 0.1) is 28.0 Å². The van der Waals surface area contributed by atoms with Crippen molar-refractivity contribution in [2.24, 2.45) is 0 Å². The number of nitrogens with zero attached hydrogens (tertiary/aromatic N) is 2. The lowest BCUT2D eigenvalue weighted by atomic mass is 10.2. The first-order valence-corrected chi connectivity index (χ1v) is 7.08. The van der Waals surface area contributed by atoms with Crippen LogP contribution in [0.15, 0.2) is 18.2 Å². The maximum absolute atomic E-state index is 12.0. The number of aromatic nitrogens is 2. The van der Waals surface area contributed by atoms with Crippen molar-refractivity contribution in [3.8, 4) is 0 Å².